The van der Waals surface area contributed by atoms with Gasteiger partial charge in [0.2, 0.25) is 11.6 Å². The van der Waals surface area contributed by atoms with E-state index in [0.29, 0.717) is 22.9 Å². The maximum absolute atomic E-state index is 14.0. The lowest BCUT2D eigenvalue weighted by molar-refractivity contribution is -0.394. The molecule has 3 aromatic carbocycles. The average Bonchev–Trinajstić information content (AvgIpc) is 3.16. The minimum absolute atomic E-state index is 0.0844. The van der Waals surface area contributed by atoms with E-state index in [0.717, 1.165) is 12.3 Å². The van der Waals surface area contributed by atoms with E-state index in [1.165, 1.54) is 24.3 Å². The summed E-state index contributed by atoms with van der Waals surface area (Å²) in [6, 6.07) is 12.2. The Morgan fingerprint density at radius 3 is 2.55 bits per heavy atom. The molecule has 1 heterocycles. The molecule has 1 aromatic heterocycles. The van der Waals surface area contributed by atoms with Gasteiger partial charge in [-0.3, -0.25) is 25.2 Å². The molecule has 4 rings (SSSR count). The SMILES string of the molecule is O=[N+]([O-])c1cc(C=Nc2ccc3oc(-c4ccccc4F)nc3c2)c(O)c([N+](=O)[O-])c1. The van der Waals surface area contributed by atoms with Crippen LogP contribution in [0.2, 0.25) is 0 Å². The van der Waals surface area contributed by atoms with E-state index in [1.807, 2.05) is 0 Å². The van der Waals surface area contributed by atoms with Crippen molar-refractivity contribution < 1.29 is 23.8 Å². The number of fused-ring (bicyclic) bond motifs is 1. The number of aliphatic imine (C=N–C) groups is 1. The number of nitro benzene ring substituents is 2. The van der Waals surface area contributed by atoms with E-state index >= 15 is 0 Å². The highest BCUT2D eigenvalue weighted by Crippen LogP contribution is 2.34. The molecule has 0 radical (unpaired) electrons. The zero-order chi connectivity index (χ0) is 22.1. The zero-order valence-corrected chi connectivity index (χ0v) is 15.4. The zero-order valence-electron chi connectivity index (χ0n) is 15.4. The number of halogens is 1. The van der Waals surface area contributed by atoms with Crippen molar-refractivity contribution in [2.75, 3.05) is 0 Å². The van der Waals surface area contributed by atoms with Crippen LogP contribution in [-0.2, 0) is 0 Å². The summed E-state index contributed by atoms with van der Waals surface area (Å²) in [7, 11) is 0. The standard InChI is InChI=1S/C20H11FN4O6/c21-15-4-2-1-3-14(15)20-23-16-8-12(5-6-18(16)31-20)22-10-11-7-13(24(27)28)9-17(19(11)26)25(29)30/h1-10,26H. The summed E-state index contributed by atoms with van der Waals surface area (Å²) in [5.41, 5.74) is -0.294. The van der Waals surface area contributed by atoms with Crippen LogP contribution in [0.3, 0.4) is 0 Å². The van der Waals surface area contributed by atoms with E-state index in [4.69, 9.17) is 4.42 Å². The van der Waals surface area contributed by atoms with Gasteiger partial charge in [0.1, 0.15) is 11.3 Å². The Morgan fingerprint density at radius 1 is 1.06 bits per heavy atom. The maximum atomic E-state index is 14.0. The van der Waals surface area contributed by atoms with Crippen LogP contribution in [0, 0.1) is 26.0 Å². The van der Waals surface area contributed by atoms with Gasteiger partial charge in [-0.25, -0.2) is 9.37 Å². The number of nitro groups is 2. The van der Waals surface area contributed by atoms with Crippen LogP contribution in [-0.4, -0.2) is 26.2 Å². The predicted molar refractivity (Wildman–Crippen MR) is 108 cm³/mol. The van der Waals surface area contributed by atoms with Crippen molar-refractivity contribution in [2.24, 2.45) is 4.99 Å². The van der Waals surface area contributed by atoms with Crippen molar-refractivity contribution in [1.29, 1.82) is 0 Å². The molecule has 0 unspecified atom stereocenters. The Morgan fingerprint density at radius 2 is 1.84 bits per heavy atom. The highest BCUT2D eigenvalue weighted by Gasteiger charge is 2.23. The first kappa shape index (κ1) is 19.6. The Balaban J connectivity index is 1.71. The first-order valence-corrected chi connectivity index (χ1v) is 8.69. The van der Waals surface area contributed by atoms with Gasteiger partial charge >= 0.3 is 5.69 Å². The number of aromatic hydroxyl groups is 1. The van der Waals surface area contributed by atoms with Crippen LogP contribution in [0.5, 0.6) is 5.75 Å². The number of oxazole rings is 1. The largest absolute Gasteiger partial charge is 0.502 e. The summed E-state index contributed by atoms with van der Waals surface area (Å²) in [5, 5.41) is 32.1. The van der Waals surface area contributed by atoms with Crippen molar-refractivity contribution in [3.05, 3.63) is 86.2 Å². The molecule has 0 fully saturated rings. The molecule has 0 aliphatic rings. The first-order chi connectivity index (χ1) is 14.8. The van der Waals surface area contributed by atoms with Crippen LogP contribution in [0.1, 0.15) is 5.56 Å². The van der Waals surface area contributed by atoms with Gasteiger partial charge in [0, 0.05) is 17.8 Å². The molecule has 4 aromatic rings. The second-order valence-electron chi connectivity index (χ2n) is 6.33. The molecule has 1 N–H and O–H groups in total. The van der Waals surface area contributed by atoms with E-state index in [1.54, 1.807) is 18.2 Å². The van der Waals surface area contributed by atoms with Crippen LogP contribution in [0.25, 0.3) is 22.6 Å². The Bertz CT molecular complexity index is 1380. The van der Waals surface area contributed by atoms with E-state index in [-0.39, 0.29) is 17.0 Å². The second-order valence-corrected chi connectivity index (χ2v) is 6.33. The fourth-order valence-corrected chi connectivity index (χ4v) is 2.86. The third-order valence-corrected chi connectivity index (χ3v) is 4.34. The summed E-state index contributed by atoms with van der Waals surface area (Å²) in [6.45, 7) is 0. The van der Waals surface area contributed by atoms with Gasteiger partial charge in [-0.15, -0.1) is 0 Å². The van der Waals surface area contributed by atoms with Crippen molar-refractivity contribution in [3.63, 3.8) is 0 Å². The minimum atomic E-state index is -0.925. The first-order valence-electron chi connectivity index (χ1n) is 8.69. The monoisotopic (exact) mass is 422 g/mol. The van der Waals surface area contributed by atoms with E-state index in [2.05, 4.69) is 9.98 Å². The lowest BCUT2D eigenvalue weighted by Crippen LogP contribution is -1.96. The third-order valence-electron chi connectivity index (χ3n) is 4.34. The number of aromatic nitrogens is 1. The number of rotatable bonds is 5. The topological polar surface area (TPSA) is 145 Å². The summed E-state index contributed by atoms with van der Waals surface area (Å²) < 4.78 is 19.5. The fourth-order valence-electron chi connectivity index (χ4n) is 2.86. The summed E-state index contributed by atoms with van der Waals surface area (Å²) >= 11 is 0. The summed E-state index contributed by atoms with van der Waals surface area (Å²) in [5.74, 6) is -1.15. The number of nitrogens with zero attached hydrogens (tertiary/aromatic N) is 4. The average molecular weight is 422 g/mol. The van der Waals surface area contributed by atoms with Crippen molar-refractivity contribution in [1.82, 2.24) is 4.98 Å². The van der Waals surface area contributed by atoms with Crippen molar-refractivity contribution in [2.45, 2.75) is 0 Å². The van der Waals surface area contributed by atoms with Gasteiger partial charge in [-0.05, 0) is 30.3 Å². The number of phenolic OH excluding ortho intramolecular Hbond substituents is 1. The normalized spacial score (nSPS) is 11.3. The quantitative estimate of drug-likeness (QED) is 0.273. The van der Waals surface area contributed by atoms with E-state index < -0.39 is 32.8 Å². The number of phenols is 1. The molecular formula is C20H11FN4O6. The number of hydrogen-bond donors (Lipinski definition) is 1. The highest BCUT2D eigenvalue weighted by atomic mass is 19.1. The number of benzene rings is 3. The predicted octanol–water partition coefficient (Wildman–Crippen LogP) is 4.91. The van der Waals surface area contributed by atoms with E-state index in [9.17, 15) is 29.7 Å². The number of non-ortho nitro benzene ring substituents is 1. The molecular weight excluding hydrogens is 411 g/mol. The molecule has 0 aliphatic heterocycles. The highest BCUT2D eigenvalue weighted by molar-refractivity contribution is 5.89. The van der Waals surface area contributed by atoms with Gasteiger partial charge in [-0.1, -0.05) is 12.1 Å². The minimum Gasteiger partial charge on any atom is -0.502 e. The van der Waals surface area contributed by atoms with Gasteiger partial charge in [0.25, 0.3) is 5.69 Å². The molecule has 0 saturated carbocycles. The van der Waals surface area contributed by atoms with Gasteiger partial charge in [-0.2, -0.15) is 0 Å². The molecule has 0 bridgehead atoms. The lowest BCUT2D eigenvalue weighted by atomic mass is 10.1. The van der Waals surface area contributed by atoms with Crippen molar-refractivity contribution in [3.8, 4) is 17.2 Å². The Hall–Kier alpha value is -4.67. The molecule has 0 atom stereocenters. The summed E-state index contributed by atoms with van der Waals surface area (Å²) in [4.78, 5) is 28.7. The molecule has 0 spiro atoms. The molecule has 10 nitrogen and oxygen atoms in total. The summed E-state index contributed by atoms with van der Waals surface area (Å²) in [6.07, 6.45) is 1.06. The van der Waals surface area contributed by atoms with Crippen LogP contribution in [0.4, 0.5) is 21.5 Å². The van der Waals surface area contributed by atoms with Crippen LogP contribution >= 0.6 is 0 Å². The van der Waals surface area contributed by atoms with Gasteiger partial charge in [0.15, 0.2) is 5.58 Å². The molecule has 31 heavy (non-hydrogen) atoms. The van der Waals surface area contributed by atoms with Crippen LogP contribution in [0.15, 0.2) is 64.0 Å². The molecule has 0 saturated heterocycles. The molecule has 154 valence electrons. The number of hydrogen-bond acceptors (Lipinski definition) is 8. The fraction of sp³-hybridized carbons (Fsp3) is 0. The third kappa shape index (κ3) is 3.79. The van der Waals surface area contributed by atoms with Crippen molar-refractivity contribution >= 4 is 34.4 Å². The smallest absolute Gasteiger partial charge is 0.318 e. The lowest BCUT2D eigenvalue weighted by Gasteiger charge is -2.01. The molecule has 0 aliphatic carbocycles. The Kier molecular flexibility index (Phi) is 4.83. The second kappa shape index (κ2) is 7.63. The van der Waals surface area contributed by atoms with Gasteiger partial charge < -0.3 is 9.52 Å². The Labute approximate surface area is 172 Å². The van der Waals surface area contributed by atoms with Gasteiger partial charge in [0.05, 0.1) is 27.2 Å². The molecule has 0 amide bonds. The maximum Gasteiger partial charge on any atom is 0.318 e. The molecule has 11 heteroatoms. The van der Waals surface area contributed by atoms with Crippen LogP contribution < -0.4 is 0 Å².